The second-order valence-electron chi connectivity index (χ2n) is 8.58. The molecule has 9 nitrogen and oxygen atoms in total. The normalized spacial score (nSPS) is 26.1. The Hall–Kier alpha value is -2.46. The molecule has 3 aliphatic rings. The molecule has 0 aliphatic carbocycles. The zero-order chi connectivity index (χ0) is 21.7. The van der Waals surface area contributed by atoms with Gasteiger partial charge in [-0.2, -0.15) is 4.98 Å². The highest BCUT2D eigenvalue weighted by Crippen LogP contribution is 2.32. The van der Waals surface area contributed by atoms with E-state index < -0.39 is 0 Å². The molecule has 3 aromatic heterocycles. The molecule has 0 amide bonds. The lowest BCUT2D eigenvalue weighted by Gasteiger charge is -2.33. The van der Waals surface area contributed by atoms with Crippen molar-refractivity contribution in [1.29, 1.82) is 0 Å². The van der Waals surface area contributed by atoms with Gasteiger partial charge in [0.15, 0.2) is 11.8 Å². The van der Waals surface area contributed by atoms with Crippen molar-refractivity contribution in [1.82, 2.24) is 24.8 Å². The highest BCUT2D eigenvalue weighted by Gasteiger charge is 2.43. The highest BCUT2D eigenvalue weighted by molar-refractivity contribution is 6.33. The van der Waals surface area contributed by atoms with Gasteiger partial charge in [0.05, 0.1) is 28.9 Å². The van der Waals surface area contributed by atoms with Gasteiger partial charge >= 0.3 is 0 Å². The molecule has 1 N–H and O–H groups in total. The molecule has 0 bridgehead atoms. The van der Waals surface area contributed by atoms with Crippen molar-refractivity contribution in [3.8, 4) is 17.3 Å². The molecule has 3 fully saturated rings. The van der Waals surface area contributed by atoms with Crippen molar-refractivity contribution in [3.05, 3.63) is 29.4 Å². The van der Waals surface area contributed by atoms with E-state index in [1.807, 2.05) is 24.4 Å². The summed E-state index contributed by atoms with van der Waals surface area (Å²) in [5.74, 6) is 0.973. The van der Waals surface area contributed by atoms with Crippen LogP contribution in [0.15, 0.2) is 24.4 Å². The number of nitrogens with zero attached hydrogens (tertiary/aromatic N) is 5. The van der Waals surface area contributed by atoms with E-state index >= 15 is 0 Å². The fourth-order valence-corrected chi connectivity index (χ4v) is 4.84. The number of hydrogen-bond acceptors (Lipinski definition) is 8. The second kappa shape index (κ2) is 8.15. The number of halogens is 1. The number of imidazole rings is 1. The predicted octanol–water partition coefficient (Wildman–Crippen LogP) is 2.36. The first-order chi connectivity index (χ1) is 15.6. The lowest BCUT2D eigenvalue weighted by molar-refractivity contribution is 0.0273. The first-order valence-electron chi connectivity index (χ1n) is 11.0. The summed E-state index contributed by atoms with van der Waals surface area (Å²) in [6.45, 7) is 5.23. The van der Waals surface area contributed by atoms with Crippen LogP contribution in [0.5, 0.6) is 6.01 Å². The summed E-state index contributed by atoms with van der Waals surface area (Å²) in [4.78, 5) is 21.6. The van der Waals surface area contributed by atoms with Crippen molar-refractivity contribution in [2.45, 2.75) is 24.7 Å². The predicted molar refractivity (Wildman–Crippen MR) is 120 cm³/mol. The minimum Gasteiger partial charge on any atom is -0.456 e. The van der Waals surface area contributed by atoms with Crippen molar-refractivity contribution in [2.75, 3.05) is 51.3 Å². The van der Waals surface area contributed by atoms with Crippen LogP contribution in [-0.4, -0.2) is 89.6 Å². The van der Waals surface area contributed by atoms with Gasteiger partial charge in [-0.1, -0.05) is 11.6 Å². The van der Waals surface area contributed by atoms with E-state index in [-0.39, 0.29) is 18.3 Å². The molecule has 3 aromatic rings. The molecule has 3 saturated heterocycles. The highest BCUT2D eigenvalue weighted by atomic mass is 35.5. The molecule has 0 aromatic carbocycles. The van der Waals surface area contributed by atoms with Crippen molar-refractivity contribution in [2.24, 2.45) is 0 Å². The molecule has 10 heteroatoms. The summed E-state index contributed by atoms with van der Waals surface area (Å²) in [6, 6.07) is 6.26. The van der Waals surface area contributed by atoms with Crippen LogP contribution >= 0.6 is 11.6 Å². The maximum Gasteiger partial charge on any atom is 0.296 e. The van der Waals surface area contributed by atoms with E-state index in [1.54, 1.807) is 0 Å². The maximum atomic E-state index is 6.56. The van der Waals surface area contributed by atoms with E-state index in [0.29, 0.717) is 35.6 Å². The quantitative estimate of drug-likeness (QED) is 0.640. The number of ether oxygens (including phenoxy) is 3. The monoisotopic (exact) mass is 456 g/mol. The van der Waals surface area contributed by atoms with Crippen molar-refractivity contribution >= 4 is 28.6 Å². The largest absolute Gasteiger partial charge is 0.456 e. The average molecular weight is 457 g/mol. The minimum atomic E-state index is -0.177. The summed E-state index contributed by atoms with van der Waals surface area (Å²) in [7, 11) is 2.14. The number of likely N-dealkylation sites (N-methyl/N-ethyl adjacent to an activating group) is 1. The Balaban J connectivity index is 1.22. The summed E-state index contributed by atoms with van der Waals surface area (Å²) >= 11 is 6.56. The van der Waals surface area contributed by atoms with Crippen LogP contribution < -0.4 is 9.64 Å². The SMILES string of the molecule is CN1CCN(c2ccc(-c3nc4nc(O[C@@H]5CO[C@@H]6CCO[C@@H]65)[nH]c4cc3Cl)cn2)CC1. The van der Waals surface area contributed by atoms with Crippen LogP contribution in [0.2, 0.25) is 5.02 Å². The zero-order valence-electron chi connectivity index (χ0n) is 17.8. The third-order valence-electron chi connectivity index (χ3n) is 6.44. The van der Waals surface area contributed by atoms with E-state index in [1.165, 1.54) is 0 Å². The van der Waals surface area contributed by atoms with Gasteiger partial charge < -0.3 is 29.0 Å². The van der Waals surface area contributed by atoms with Crippen LogP contribution in [0.1, 0.15) is 6.42 Å². The Bertz CT molecular complexity index is 1110. The second-order valence-corrected chi connectivity index (χ2v) is 8.99. The molecule has 0 radical (unpaired) electrons. The fraction of sp³-hybridized carbons (Fsp3) is 0.500. The number of anilines is 1. The number of piperazine rings is 1. The molecule has 6 heterocycles. The van der Waals surface area contributed by atoms with Gasteiger partial charge in [-0.25, -0.2) is 9.97 Å². The van der Waals surface area contributed by atoms with Crippen LogP contribution in [-0.2, 0) is 9.47 Å². The molecule has 0 spiro atoms. The smallest absolute Gasteiger partial charge is 0.296 e. The Labute approximate surface area is 190 Å². The third-order valence-corrected chi connectivity index (χ3v) is 6.72. The van der Waals surface area contributed by atoms with Crippen molar-refractivity contribution < 1.29 is 14.2 Å². The van der Waals surface area contributed by atoms with Gasteiger partial charge in [-0.05, 0) is 31.7 Å². The Morgan fingerprint density at radius 3 is 2.84 bits per heavy atom. The summed E-state index contributed by atoms with van der Waals surface area (Å²) in [6.07, 6.45) is 2.63. The molecular formula is C22H25ClN6O3. The Morgan fingerprint density at radius 2 is 2.03 bits per heavy atom. The number of aromatic nitrogens is 4. The number of H-pyrrole nitrogens is 1. The van der Waals surface area contributed by atoms with Gasteiger partial charge in [0.25, 0.3) is 6.01 Å². The van der Waals surface area contributed by atoms with Gasteiger partial charge in [-0.3, -0.25) is 0 Å². The number of pyridine rings is 2. The first-order valence-corrected chi connectivity index (χ1v) is 11.4. The van der Waals surface area contributed by atoms with Crippen LogP contribution in [0.3, 0.4) is 0 Å². The lowest BCUT2D eigenvalue weighted by atomic mass is 10.1. The maximum absolute atomic E-state index is 6.56. The summed E-state index contributed by atoms with van der Waals surface area (Å²) in [5.41, 5.74) is 2.77. The summed E-state index contributed by atoms with van der Waals surface area (Å²) < 4.78 is 17.5. The Kier molecular flexibility index (Phi) is 5.14. The van der Waals surface area contributed by atoms with E-state index in [9.17, 15) is 0 Å². The van der Waals surface area contributed by atoms with E-state index in [0.717, 1.165) is 49.5 Å². The molecule has 3 atom stereocenters. The third kappa shape index (κ3) is 3.69. The molecule has 168 valence electrons. The molecule has 0 saturated carbocycles. The number of fused-ring (bicyclic) bond motifs is 2. The molecule has 6 rings (SSSR count). The Morgan fingerprint density at radius 1 is 1.16 bits per heavy atom. The average Bonchev–Trinajstić information content (AvgIpc) is 3.51. The number of hydrogen-bond donors (Lipinski definition) is 1. The number of aromatic amines is 1. The van der Waals surface area contributed by atoms with Gasteiger partial charge in [0.1, 0.15) is 11.9 Å². The number of nitrogens with one attached hydrogen (secondary N) is 1. The standard InChI is InChI=1S/C22H25ClN6O3/c1-28-5-7-29(8-6-28)18-3-2-13(11-24-18)19-14(23)10-15-21(26-19)27-22(25-15)32-17-12-31-16-4-9-30-20(16)17/h2-3,10-11,16-17,20H,4-9,12H2,1H3,(H,25,26,27)/t16-,17-,20+/m1/s1. The number of rotatable bonds is 4. The van der Waals surface area contributed by atoms with E-state index in [4.69, 9.17) is 25.8 Å². The van der Waals surface area contributed by atoms with Crippen LogP contribution in [0, 0.1) is 0 Å². The molecule has 3 aliphatic heterocycles. The topological polar surface area (TPSA) is 88.6 Å². The zero-order valence-corrected chi connectivity index (χ0v) is 18.6. The fourth-order valence-electron chi connectivity index (χ4n) is 4.58. The van der Waals surface area contributed by atoms with Gasteiger partial charge in [-0.15, -0.1) is 0 Å². The molecular weight excluding hydrogens is 432 g/mol. The van der Waals surface area contributed by atoms with E-state index in [2.05, 4.69) is 36.8 Å². The minimum absolute atomic E-state index is 0.0415. The first kappa shape index (κ1) is 20.2. The van der Waals surface area contributed by atoms with Gasteiger partial charge in [0, 0.05) is 44.5 Å². The van der Waals surface area contributed by atoms with Gasteiger partial charge in [0.2, 0.25) is 0 Å². The molecule has 32 heavy (non-hydrogen) atoms. The lowest BCUT2D eigenvalue weighted by Crippen LogP contribution is -2.44. The van der Waals surface area contributed by atoms with Crippen LogP contribution in [0.25, 0.3) is 22.4 Å². The van der Waals surface area contributed by atoms with Crippen molar-refractivity contribution in [3.63, 3.8) is 0 Å². The van der Waals surface area contributed by atoms with Crippen LogP contribution in [0.4, 0.5) is 5.82 Å². The summed E-state index contributed by atoms with van der Waals surface area (Å²) in [5, 5.41) is 0.533. The molecule has 0 unspecified atom stereocenters.